The van der Waals surface area contributed by atoms with Gasteiger partial charge in [-0.3, -0.25) is 4.31 Å². The Morgan fingerprint density at radius 2 is 1.78 bits per heavy atom. The average Bonchev–Trinajstić information content (AvgIpc) is 3.30. The number of hydrogen-bond donors (Lipinski definition) is 0. The molecule has 32 heavy (non-hydrogen) atoms. The molecule has 0 radical (unpaired) electrons. The van der Waals surface area contributed by atoms with E-state index in [1.54, 1.807) is 30.3 Å². The number of para-hydroxylation sites is 1. The minimum atomic E-state index is -3.96. The first-order chi connectivity index (χ1) is 15.4. The highest BCUT2D eigenvalue weighted by molar-refractivity contribution is 7.92. The zero-order valence-electron chi connectivity index (χ0n) is 17.3. The molecular formula is C23H21NO7S. The van der Waals surface area contributed by atoms with E-state index in [2.05, 4.69) is 11.3 Å². The molecule has 0 fully saturated rings. The molecule has 8 nitrogen and oxygen atoms in total. The van der Waals surface area contributed by atoms with Crippen molar-refractivity contribution in [2.75, 3.05) is 18.0 Å². The van der Waals surface area contributed by atoms with E-state index in [1.165, 1.54) is 53.9 Å². The molecule has 0 saturated carbocycles. The normalized spacial score (nSPS) is 10.9. The third-order valence-corrected chi connectivity index (χ3v) is 6.18. The fourth-order valence-electron chi connectivity index (χ4n) is 2.85. The molecule has 1 heterocycles. The third-order valence-electron chi connectivity index (χ3n) is 4.39. The van der Waals surface area contributed by atoms with E-state index < -0.39 is 22.0 Å². The van der Waals surface area contributed by atoms with Crippen LogP contribution in [-0.2, 0) is 26.1 Å². The van der Waals surface area contributed by atoms with Crippen molar-refractivity contribution in [3.63, 3.8) is 0 Å². The van der Waals surface area contributed by atoms with Crippen molar-refractivity contribution in [1.29, 1.82) is 0 Å². The molecule has 0 spiro atoms. The fourth-order valence-corrected chi connectivity index (χ4v) is 4.33. The number of rotatable bonds is 9. The van der Waals surface area contributed by atoms with E-state index in [4.69, 9.17) is 9.15 Å². The van der Waals surface area contributed by atoms with Crippen LogP contribution >= 0.6 is 0 Å². The van der Waals surface area contributed by atoms with Crippen LogP contribution < -0.4 is 4.31 Å². The Hall–Kier alpha value is -3.85. The lowest BCUT2D eigenvalue weighted by molar-refractivity contribution is 0.0438. The van der Waals surface area contributed by atoms with Crippen molar-refractivity contribution in [2.45, 2.75) is 11.5 Å². The van der Waals surface area contributed by atoms with Crippen LogP contribution in [0.1, 0.15) is 26.7 Å². The number of furan rings is 1. The third kappa shape index (κ3) is 5.06. The van der Waals surface area contributed by atoms with Gasteiger partial charge in [-0.05, 0) is 42.5 Å². The van der Waals surface area contributed by atoms with Gasteiger partial charge in [-0.2, -0.15) is 0 Å². The minimum Gasteiger partial charge on any atom is -0.463 e. The van der Waals surface area contributed by atoms with Crippen LogP contribution in [0.5, 0.6) is 0 Å². The minimum absolute atomic E-state index is 0.0186. The lowest BCUT2D eigenvalue weighted by atomic mass is 10.2. The van der Waals surface area contributed by atoms with Crippen molar-refractivity contribution in [3.8, 4) is 0 Å². The highest BCUT2D eigenvalue weighted by Gasteiger charge is 2.25. The first kappa shape index (κ1) is 22.8. The van der Waals surface area contributed by atoms with Crippen LogP contribution in [0.15, 0.2) is 88.7 Å². The van der Waals surface area contributed by atoms with Gasteiger partial charge in [-0.25, -0.2) is 18.0 Å². The smallest absolute Gasteiger partial charge is 0.373 e. The van der Waals surface area contributed by atoms with E-state index in [0.29, 0.717) is 5.69 Å². The molecule has 0 N–H and O–H groups in total. The summed E-state index contributed by atoms with van der Waals surface area (Å²) in [6.07, 6.45) is 1.48. The summed E-state index contributed by atoms with van der Waals surface area (Å²) in [6, 6.07) is 17.0. The van der Waals surface area contributed by atoms with E-state index >= 15 is 0 Å². The van der Waals surface area contributed by atoms with Crippen LogP contribution in [0, 0.1) is 0 Å². The summed E-state index contributed by atoms with van der Waals surface area (Å²) < 4.78 is 42.7. The maximum absolute atomic E-state index is 13.2. The van der Waals surface area contributed by atoms with Crippen molar-refractivity contribution in [1.82, 2.24) is 0 Å². The van der Waals surface area contributed by atoms with Crippen LogP contribution in [0.4, 0.5) is 5.69 Å². The average molecular weight is 455 g/mol. The van der Waals surface area contributed by atoms with Crippen LogP contribution in [0.3, 0.4) is 0 Å². The number of ether oxygens (including phenoxy) is 2. The van der Waals surface area contributed by atoms with Gasteiger partial charge < -0.3 is 13.9 Å². The van der Waals surface area contributed by atoms with Crippen molar-refractivity contribution >= 4 is 27.6 Å². The molecule has 3 aromatic rings. The monoisotopic (exact) mass is 455 g/mol. The quantitative estimate of drug-likeness (QED) is 0.357. The highest BCUT2D eigenvalue weighted by atomic mass is 32.2. The molecule has 166 valence electrons. The van der Waals surface area contributed by atoms with Crippen molar-refractivity contribution in [3.05, 3.63) is 96.5 Å². The van der Waals surface area contributed by atoms with E-state index in [9.17, 15) is 18.0 Å². The molecule has 0 bridgehead atoms. The molecule has 0 aliphatic heterocycles. The summed E-state index contributed by atoms with van der Waals surface area (Å²) in [4.78, 5) is 23.8. The molecule has 3 rings (SSSR count). The topological polar surface area (TPSA) is 103 Å². The SMILES string of the molecule is C=CCN(c1ccccc1)S(=O)(=O)c1cccc(C(=O)OCc2ccc(C(=O)OC)o2)c1. The predicted molar refractivity (Wildman–Crippen MR) is 117 cm³/mol. The number of hydrogen-bond acceptors (Lipinski definition) is 7. The van der Waals surface area contributed by atoms with Gasteiger partial charge in [0.2, 0.25) is 5.76 Å². The Morgan fingerprint density at radius 3 is 2.47 bits per heavy atom. The van der Waals surface area contributed by atoms with Crippen LogP contribution in [0.2, 0.25) is 0 Å². The summed E-state index contributed by atoms with van der Waals surface area (Å²) in [7, 11) is -2.74. The van der Waals surface area contributed by atoms with Gasteiger partial charge in [-0.1, -0.05) is 30.3 Å². The Balaban J connectivity index is 1.79. The first-order valence-corrected chi connectivity index (χ1v) is 10.9. The summed E-state index contributed by atoms with van der Waals surface area (Å²) in [5, 5.41) is 0. The predicted octanol–water partition coefficient (Wildman–Crippen LogP) is 3.80. The lowest BCUT2D eigenvalue weighted by Gasteiger charge is -2.23. The number of methoxy groups -OCH3 is 1. The zero-order valence-corrected chi connectivity index (χ0v) is 18.1. The van der Waals surface area contributed by atoms with Crippen LogP contribution in [-0.4, -0.2) is 34.0 Å². The number of benzene rings is 2. The molecular weight excluding hydrogens is 434 g/mol. The number of esters is 2. The van der Waals surface area contributed by atoms with E-state index in [-0.39, 0.29) is 35.1 Å². The van der Waals surface area contributed by atoms with Gasteiger partial charge in [-0.15, -0.1) is 6.58 Å². The molecule has 1 aromatic heterocycles. The van der Waals surface area contributed by atoms with Crippen molar-refractivity contribution in [2.24, 2.45) is 0 Å². The summed E-state index contributed by atoms with van der Waals surface area (Å²) in [6.45, 7) is 3.45. The summed E-state index contributed by atoms with van der Waals surface area (Å²) in [5.74, 6) is -1.17. The fraction of sp³-hybridized carbons (Fsp3) is 0.130. The van der Waals surface area contributed by atoms with Gasteiger partial charge in [0.05, 0.1) is 29.8 Å². The van der Waals surface area contributed by atoms with E-state index in [0.717, 1.165) is 0 Å². The Kier molecular flexibility index (Phi) is 7.11. The van der Waals surface area contributed by atoms with Gasteiger partial charge in [0.15, 0.2) is 0 Å². The van der Waals surface area contributed by atoms with Gasteiger partial charge in [0, 0.05) is 0 Å². The van der Waals surface area contributed by atoms with Crippen LogP contribution in [0.25, 0.3) is 0 Å². The highest BCUT2D eigenvalue weighted by Crippen LogP contribution is 2.24. The second-order valence-corrected chi connectivity index (χ2v) is 8.38. The second kappa shape index (κ2) is 9.97. The number of carbonyl (C=O) groups is 2. The van der Waals surface area contributed by atoms with E-state index in [1.807, 2.05) is 0 Å². The Bertz CT molecular complexity index is 1220. The second-order valence-electron chi connectivity index (χ2n) is 6.52. The standard InChI is InChI=1S/C23H21NO7S/c1-3-14-24(18-9-5-4-6-10-18)32(27,28)20-11-7-8-17(15-20)22(25)30-16-19-12-13-21(31-19)23(26)29-2/h3-13,15H,1,14,16H2,2H3. The maximum atomic E-state index is 13.2. The summed E-state index contributed by atoms with van der Waals surface area (Å²) in [5.41, 5.74) is 0.525. The molecule has 2 aromatic carbocycles. The van der Waals surface area contributed by atoms with Crippen molar-refractivity contribution < 1.29 is 31.9 Å². The zero-order chi connectivity index (χ0) is 23.1. The Morgan fingerprint density at radius 1 is 1.03 bits per heavy atom. The summed E-state index contributed by atoms with van der Waals surface area (Å²) >= 11 is 0. The molecule has 0 aliphatic carbocycles. The molecule has 9 heteroatoms. The number of sulfonamides is 1. The van der Waals surface area contributed by atoms with Gasteiger partial charge >= 0.3 is 11.9 Å². The molecule has 0 unspecified atom stereocenters. The molecule has 0 saturated heterocycles. The Labute approximate surface area is 185 Å². The number of anilines is 1. The molecule has 0 amide bonds. The van der Waals surface area contributed by atoms with Gasteiger partial charge in [0.25, 0.3) is 10.0 Å². The maximum Gasteiger partial charge on any atom is 0.373 e. The largest absolute Gasteiger partial charge is 0.463 e. The van der Waals surface area contributed by atoms with Gasteiger partial charge in [0.1, 0.15) is 12.4 Å². The number of nitrogens with zero attached hydrogens (tertiary/aromatic N) is 1. The molecule has 0 atom stereocenters. The molecule has 0 aliphatic rings. The first-order valence-electron chi connectivity index (χ1n) is 9.49. The lowest BCUT2D eigenvalue weighted by Crippen LogP contribution is -2.31. The number of carbonyl (C=O) groups excluding carboxylic acids is 2.